The van der Waals surface area contributed by atoms with Gasteiger partial charge in [0.15, 0.2) is 5.82 Å². The fourth-order valence-corrected chi connectivity index (χ4v) is 3.01. The van der Waals surface area contributed by atoms with Gasteiger partial charge < -0.3 is 20.6 Å². The van der Waals surface area contributed by atoms with Crippen LogP contribution in [0, 0.1) is 0 Å². The Labute approximate surface area is 167 Å². The molecule has 146 valence electrons. The summed E-state index contributed by atoms with van der Waals surface area (Å²) in [4.78, 5) is 12.3. The van der Waals surface area contributed by atoms with Crippen LogP contribution in [-0.2, 0) is 11.4 Å². The number of benzene rings is 2. The molecule has 0 fully saturated rings. The average molecular weight is 399 g/mol. The Morgan fingerprint density at radius 1 is 1.11 bits per heavy atom. The van der Waals surface area contributed by atoms with Crippen LogP contribution in [-0.4, -0.2) is 33.1 Å². The van der Waals surface area contributed by atoms with Crippen molar-refractivity contribution in [3.63, 3.8) is 0 Å². The van der Waals surface area contributed by atoms with E-state index in [0.29, 0.717) is 34.8 Å². The Kier molecular flexibility index (Phi) is 6.74. The topological polar surface area (TPSA) is 104 Å². The van der Waals surface area contributed by atoms with E-state index in [-0.39, 0.29) is 18.3 Å². The molecule has 3 rings (SSSR count). The third-order valence-corrected chi connectivity index (χ3v) is 4.58. The SMILES string of the molecule is CCOc1ccccc1NC(=O)CSc1nnc(COc2ccccc2)n1N. The predicted octanol–water partition coefficient (Wildman–Crippen LogP) is 2.70. The average Bonchev–Trinajstić information content (AvgIpc) is 3.07. The smallest absolute Gasteiger partial charge is 0.234 e. The summed E-state index contributed by atoms with van der Waals surface area (Å²) in [6, 6.07) is 16.6. The van der Waals surface area contributed by atoms with Gasteiger partial charge in [-0.15, -0.1) is 10.2 Å². The quantitative estimate of drug-likeness (QED) is 0.421. The van der Waals surface area contributed by atoms with Crippen LogP contribution in [0.2, 0.25) is 0 Å². The lowest BCUT2D eigenvalue weighted by Crippen LogP contribution is -2.18. The van der Waals surface area contributed by atoms with E-state index in [2.05, 4.69) is 15.5 Å². The van der Waals surface area contributed by atoms with Crippen LogP contribution in [0.5, 0.6) is 11.5 Å². The minimum Gasteiger partial charge on any atom is -0.492 e. The number of anilines is 1. The second-order valence-electron chi connectivity index (χ2n) is 5.64. The first-order chi connectivity index (χ1) is 13.7. The number of hydrogen-bond acceptors (Lipinski definition) is 7. The molecule has 0 radical (unpaired) electrons. The lowest BCUT2D eigenvalue weighted by atomic mass is 10.3. The third kappa shape index (κ3) is 5.17. The summed E-state index contributed by atoms with van der Waals surface area (Å²) in [5.41, 5.74) is 0.626. The Bertz CT molecular complexity index is 917. The maximum Gasteiger partial charge on any atom is 0.234 e. The summed E-state index contributed by atoms with van der Waals surface area (Å²) in [6.07, 6.45) is 0. The highest BCUT2D eigenvalue weighted by atomic mass is 32.2. The van der Waals surface area contributed by atoms with E-state index in [0.717, 1.165) is 0 Å². The maximum absolute atomic E-state index is 12.3. The second-order valence-corrected chi connectivity index (χ2v) is 6.58. The number of nitrogens with zero attached hydrogens (tertiary/aromatic N) is 3. The molecule has 1 aromatic heterocycles. The zero-order valence-corrected chi connectivity index (χ0v) is 16.2. The van der Waals surface area contributed by atoms with E-state index in [4.69, 9.17) is 15.3 Å². The standard InChI is InChI=1S/C19H21N5O3S/c1-2-26-16-11-7-6-10-15(16)21-18(25)13-28-19-23-22-17(24(19)20)12-27-14-8-4-3-5-9-14/h3-11H,2,12-13,20H2,1H3,(H,21,25). The Hall–Kier alpha value is -3.20. The molecular formula is C19H21N5O3S. The summed E-state index contributed by atoms with van der Waals surface area (Å²) in [5.74, 6) is 7.76. The molecule has 1 amide bonds. The van der Waals surface area contributed by atoms with E-state index >= 15 is 0 Å². The van der Waals surface area contributed by atoms with Crippen molar-refractivity contribution in [1.82, 2.24) is 14.9 Å². The first-order valence-electron chi connectivity index (χ1n) is 8.69. The van der Waals surface area contributed by atoms with E-state index < -0.39 is 0 Å². The molecule has 0 unspecified atom stereocenters. The Morgan fingerprint density at radius 2 is 1.86 bits per heavy atom. The number of thioether (sulfide) groups is 1. The lowest BCUT2D eigenvalue weighted by molar-refractivity contribution is -0.113. The summed E-state index contributed by atoms with van der Waals surface area (Å²) < 4.78 is 12.5. The molecule has 3 aromatic rings. The molecule has 0 aliphatic heterocycles. The molecule has 8 nitrogen and oxygen atoms in total. The van der Waals surface area contributed by atoms with Crippen LogP contribution in [0.15, 0.2) is 59.8 Å². The van der Waals surface area contributed by atoms with Crippen molar-refractivity contribution in [2.75, 3.05) is 23.5 Å². The zero-order valence-electron chi connectivity index (χ0n) is 15.4. The number of nitrogen functional groups attached to an aromatic ring is 1. The molecule has 2 aromatic carbocycles. The molecule has 0 aliphatic rings. The number of hydrogen-bond donors (Lipinski definition) is 2. The summed E-state index contributed by atoms with van der Waals surface area (Å²) in [7, 11) is 0. The number of carbonyl (C=O) groups is 1. The monoisotopic (exact) mass is 399 g/mol. The number of aromatic nitrogens is 3. The van der Waals surface area contributed by atoms with E-state index in [1.54, 1.807) is 6.07 Å². The summed E-state index contributed by atoms with van der Waals surface area (Å²) in [5, 5.41) is 11.3. The number of rotatable bonds is 9. The van der Waals surface area contributed by atoms with Gasteiger partial charge in [0.1, 0.15) is 18.1 Å². The van der Waals surface area contributed by atoms with Gasteiger partial charge in [0.05, 0.1) is 18.0 Å². The minimum absolute atomic E-state index is 0.134. The number of amides is 1. The fourth-order valence-electron chi connectivity index (χ4n) is 2.34. The van der Waals surface area contributed by atoms with Crippen LogP contribution in [0.25, 0.3) is 0 Å². The number of nitrogens with two attached hydrogens (primary N) is 1. The fraction of sp³-hybridized carbons (Fsp3) is 0.211. The third-order valence-electron chi connectivity index (χ3n) is 3.64. The van der Waals surface area contributed by atoms with Gasteiger partial charge in [0, 0.05) is 0 Å². The summed E-state index contributed by atoms with van der Waals surface area (Å²) >= 11 is 1.19. The van der Waals surface area contributed by atoms with Crippen LogP contribution < -0.4 is 20.6 Å². The number of nitrogens with one attached hydrogen (secondary N) is 1. The maximum atomic E-state index is 12.3. The van der Waals surface area contributed by atoms with Gasteiger partial charge in [-0.3, -0.25) is 4.79 Å². The zero-order chi connectivity index (χ0) is 19.8. The molecule has 0 saturated heterocycles. The van der Waals surface area contributed by atoms with E-state index in [1.807, 2.05) is 55.5 Å². The van der Waals surface area contributed by atoms with Crippen molar-refractivity contribution in [2.45, 2.75) is 18.7 Å². The van der Waals surface area contributed by atoms with Crippen molar-refractivity contribution in [2.24, 2.45) is 0 Å². The van der Waals surface area contributed by atoms with Crippen molar-refractivity contribution >= 4 is 23.4 Å². The van der Waals surface area contributed by atoms with Gasteiger partial charge in [-0.1, -0.05) is 42.1 Å². The highest BCUT2D eigenvalue weighted by Crippen LogP contribution is 2.24. The van der Waals surface area contributed by atoms with Crippen molar-refractivity contribution < 1.29 is 14.3 Å². The van der Waals surface area contributed by atoms with Gasteiger partial charge in [-0.05, 0) is 31.2 Å². The van der Waals surface area contributed by atoms with E-state index in [9.17, 15) is 4.79 Å². The van der Waals surface area contributed by atoms with Crippen LogP contribution in [0.3, 0.4) is 0 Å². The van der Waals surface area contributed by atoms with Crippen LogP contribution in [0.4, 0.5) is 5.69 Å². The number of carbonyl (C=O) groups excluding carboxylic acids is 1. The Balaban J connectivity index is 1.53. The molecule has 28 heavy (non-hydrogen) atoms. The normalized spacial score (nSPS) is 10.5. The van der Waals surface area contributed by atoms with Gasteiger partial charge in [0.2, 0.25) is 11.1 Å². The number of para-hydroxylation sites is 3. The van der Waals surface area contributed by atoms with Crippen molar-refractivity contribution in [1.29, 1.82) is 0 Å². The largest absolute Gasteiger partial charge is 0.492 e. The van der Waals surface area contributed by atoms with Gasteiger partial charge in [0.25, 0.3) is 0 Å². The van der Waals surface area contributed by atoms with Crippen LogP contribution in [0.1, 0.15) is 12.7 Å². The van der Waals surface area contributed by atoms with Crippen LogP contribution >= 0.6 is 11.8 Å². The van der Waals surface area contributed by atoms with E-state index in [1.165, 1.54) is 16.4 Å². The molecule has 9 heteroatoms. The lowest BCUT2D eigenvalue weighted by Gasteiger charge is -2.11. The second kappa shape index (κ2) is 9.65. The molecule has 0 saturated carbocycles. The highest BCUT2D eigenvalue weighted by molar-refractivity contribution is 7.99. The van der Waals surface area contributed by atoms with Gasteiger partial charge in [-0.2, -0.15) is 0 Å². The number of ether oxygens (including phenoxy) is 2. The predicted molar refractivity (Wildman–Crippen MR) is 108 cm³/mol. The van der Waals surface area contributed by atoms with Crippen molar-refractivity contribution in [3.8, 4) is 11.5 Å². The molecule has 0 spiro atoms. The molecule has 0 aliphatic carbocycles. The molecule has 0 atom stereocenters. The highest BCUT2D eigenvalue weighted by Gasteiger charge is 2.14. The molecule has 0 bridgehead atoms. The van der Waals surface area contributed by atoms with Gasteiger partial charge in [-0.25, -0.2) is 4.68 Å². The van der Waals surface area contributed by atoms with Gasteiger partial charge >= 0.3 is 0 Å². The first-order valence-corrected chi connectivity index (χ1v) is 9.67. The summed E-state index contributed by atoms with van der Waals surface area (Å²) in [6.45, 7) is 2.59. The minimum atomic E-state index is -0.192. The molecule has 1 heterocycles. The van der Waals surface area contributed by atoms with Crippen molar-refractivity contribution in [3.05, 3.63) is 60.4 Å². The molecular weight excluding hydrogens is 378 g/mol. The Morgan fingerprint density at radius 3 is 2.64 bits per heavy atom. The first kappa shape index (κ1) is 19.6. The molecule has 3 N–H and O–H groups in total.